The lowest BCUT2D eigenvalue weighted by Crippen LogP contribution is -2.49. The average molecular weight is 237 g/mol. The number of hydrogen-bond acceptors (Lipinski definition) is 5. The highest BCUT2D eigenvalue weighted by Crippen LogP contribution is 2.16. The third-order valence-electron chi connectivity index (χ3n) is 2.73. The summed E-state index contributed by atoms with van der Waals surface area (Å²) < 4.78 is 1.77. The summed E-state index contributed by atoms with van der Waals surface area (Å²) in [5, 5.41) is 30.7. The summed E-state index contributed by atoms with van der Waals surface area (Å²) >= 11 is 0. The first-order valence-corrected chi connectivity index (χ1v) is 5.27. The Hall–Kier alpha value is -1.63. The Morgan fingerprint density at radius 3 is 2.53 bits per heavy atom. The van der Waals surface area contributed by atoms with Gasteiger partial charge in [-0.2, -0.15) is 0 Å². The van der Waals surface area contributed by atoms with Crippen LogP contribution in [0.3, 0.4) is 0 Å². The van der Waals surface area contributed by atoms with Gasteiger partial charge in [-0.05, 0) is 12.1 Å². The van der Waals surface area contributed by atoms with Crippen molar-refractivity contribution in [3.05, 3.63) is 30.6 Å². The Bertz CT molecular complexity index is 485. The molecular weight excluding hydrogens is 222 g/mol. The van der Waals surface area contributed by atoms with Gasteiger partial charge in [0, 0.05) is 12.4 Å². The number of imidazole rings is 1. The summed E-state index contributed by atoms with van der Waals surface area (Å²) in [6, 6.07) is 5.43. The number of aliphatic hydroxyl groups is 3. The lowest BCUT2D eigenvalue weighted by Gasteiger charge is -2.30. The third kappa shape index (κ3) is 2.10. The number of nitrogens with zero attached hydrogens (tertiary/aromatic N) is 2. The summed E-state index contributed by atoms with van der Waals surface area (Å²) in [4.78, 5) is 4.12. The third-order valence-corrected chi connectivity index (χ3v) is 2.73. The van der Waals surface area contributed by atoms with Crippen LogP contribution < -0.4 is 5.32 Å². The second-order valence-electron chi connectivity index (χ2n) is 3.95. The molecule has 92 valence electrons. The first-order chi connectivity index (χ1) is 8.24. The molecule has 0 saturated heterocycles. The number of nitrogens with one attached hydrogen (secondary N) is 1. The van der Waals surface area contributed by atoms with E-state index in [1.54, 1.807) is 22.9 Å². The van der Waals surface area contributed by atoms with Crippen LogP contribution in [0.2, 0.25) is 0 Å². The minimum Gasteiger partial charge on any atom is -0.394 e. The normalized spacial score (nSPS) is 11.9. The molecule has 4 N–H and O–H groups in total. The van der Waals surface area contributed by atoms with Crippen LogP contribution in [-0.4, -0.2) is 50.1 Å². The largest absolute Gasteiger partial charge is 0.394 e. The fraction of sp³-hybridized carbons (Fsp3) is 0.364. The topological polar surface area (TPSA) is 90.0 Å². The highest BCUT2D eigenvalue weighted by molar-refractivity contribution is 5.51. The number of aromatic nitrogens is 2. The number of rotatable bonds is 5. The van der Waals surface area contributed by atoms with Gasteiger partial charge in [0.05, 0.1) is 19.8 Å². The molecule has 2 aromatic rings. The molecule has 0 fully saturated rings. The molecule has 0 aliphatic rings. The number of anilines is 1. The monoisotopic (exact) mass is 237 g/mol. The van der Waals surface area contributed by atoms with E-state index in [-0.39, 0.29) is 19.8 Å². The van der Waals surface area contributed by atoms with E-state index >= 15 is 0 Å². The molecule has 0 aliphatic carbocycles. The van der Waals surface area contributed by atoms with Crippen molar-refractivity contribution in [2.45, 2.75) is 5.54 Å². The van der Waals surface area contributed by atoms with E-state index in [9.17, 15) is 15.3 Å². The summed E-state index contributed by atoms with van der Waals surface area (Å²) in [5.74, 6) is 0.650. The van der Waals surface area contributed by atoms with E-state index in [4.69, 9.17) is 0 Å². The highest BCUT2D eigenvalue weighted by atomic mass is 16.3. The number of aliphatic hydroxyl groups excluding tert-OH is 3. The second-order valence-corrected chi connectivity index (χ2v) is 3.95. The van der Waals surface area contributed by atoms with Crippen LogP contribution in [-0.2, 0) is 0 Å². The maximum Gasteiger partial charge on any atom is 0.138 e. The molecule has 0 saturated carbocycles. The fourth-order valence-corrected chi connectivity index (χ4v) is 1.59. The van der Waals surface area contributed by atoms with Crippen molar-refractivity contribution >= 4 is 11.5 Å². The minimum atomic E-state index is -1.14. The minimum absolute atomic E-state index is 0.370. The van der Waals surface area contributed by atoms with Crippen LogP contribution in [0.25, 0.3) is 5.65 Å². The first-order valence-electron chi connectivity index (χ1n) is 5.27. The Kier molecular flexibility index (Phi) is 3.28. The zero-order valence-electron chi connectivity index (χ0n) is 9.24. The van der Waals surface area contributed by atoms with E-state index in [1.165, 1.54) is 0 Å². The molecule has 2 aromatic heterocycles. The van der Waals surface area contributed by atoms with Crippen molar-refractivity contribution in [2.24, 2.45) is 0 Å². The van der Waals surface area contributed by atoms with Gasteiger partial charge in [0.25, 0.3) is 0 Å². The van der Waals surface area contributed by atoms with Crippen molar-refractivity contribution in [3.63, 3.8) is 0 Å². The van der Waals surface area contributed by atoms with Crippen molar-refractivity contribution in [2.75, 3.05) is 25.1 Å². The van der Waals surface area contributed by atoms with Gasteiger partial charge in [0.1, 0.15) is 17.0 Å². The highest BCUT2D eigenvalue weighted by Gasteiger charge is 2.28. The standard InChI is InChI=1S/C11H15N3O3/c15-6-11(7-16,8-17)13-10-3-1-2-9-12-4-5-14(9)10/h1-5,13,15-17H,6-8H2. The molecule has 0 atom stereocenters. The van der Waals surface area contributed by atoms with E-state index in [0.29, 0.717) is 5.82 Å². The molecule has 0 aliphatic heterocycles. The Morgan fingerprint density at radius 1 is 1.18 bits per heavy atom. The van der Waals surface area contributed by atoms with Crippen molar-refractivity contribution in [1.29, 1.82) is 0 Å². The van der Waals surface area contributed by atoms with E-state index in [2.05, 4.69) is 10.3 Å². The fourth-order valence-electron chi connectivity index (χ4n) is 1.59. The molecular formula is C11H15N3O3. The Labute approximate surface area is 98.2 Å². The van der Waals surface area contributed by atoms with Gasteiger partial charge in [-0.15, -0.1) is 0 Å². The van der Waals surface area contributed by atoms with Gasteiger partial charge in [-0.25, -0.2) is 4.98 Å². The molecule has 0 aromatic carbocycles. The Morgan fingerprint density at radius 2 is 1.88 bits per heavy atom. The lowest BCUT2D eigenvalue weighted by molar-refractivity contribution is 0.0830. The summed E-state index contributed by atoms with van der Waals surface area (Å²) in [5.41, 5.74) is -0.392. The summed E-state index contributed by atoms with van der Waals surface area (Å²) in [7, 11) is 0. The molecule has 0 amide bonds. The lowest BCUT2D eigenvalue weighted by atomic mass is 10.0. The first kappa shape index (κ1) is 11.8. The SMILES string of the molecule is OCC(CO)(CO)Nc1cccc2nccn12. The predicted molar refractivity (Wildman–Crippen MR) is 62.8 cm³/mol. The van der Waals surface area contributed by atoms with Crippen molar-refractivity contribution < 1.29 is 15.3 Å². The number of pyridine rings is 1. The van der Waals surface area contributed by atoms with Crippen molar-refractivity contribution in [3.8, 4) is 0 Å². The maximum absolute atomic E-state index is 9.25. The van der Waals surface area contributed by atoms with E-state index in [0.717, 1.165) is 5.65 Å². The van der Waals surface area contributed by atoms with Gasteiger partial charge in [-0.3, -0.25) is 4.40 Å². The number of fused-ring (bicyclic) bond motifs is 1. The molecule has 2 heterocycles. The zero-order chi connectivity index (χ0) is 12.3. The van der Waals surface area contributed by atoms with Crippen LogP contribution in [0.1, 0.15) is 0 Å². The average Bonchev–Trinajstić information content (AvgIpc) is 2.85. The predicted octanol–water partition coefficient (Wildman–Crippen LogP) is -0.538. The second kappa shape index (κ2) is 4.70. The molecule has 17 heavy (non-hydrogen) atoms. The molecule has 6 nitrogen and oxygen atoms in total. The van der Waals surface area contributed by atoms with Crippen LogP contribution in [0.4, 0.5) is 5.82 Å². The van der Waals surface area contributed by atoms with Crippen LogP contribution in [0.5, 0.6) is 0 Å². The quantitative estimate of drug-likeness (QED) is 0.561. The molecule has 0 radical (unpaired) electrons. The van der Waals surface area contributed by atoms with E-state index in [1.807, 2.05) is 12.1 Å². The van der Waals surface area contributed by atoms with Gasteiger partial charge >= 0.3 is 0 Å². The van der Waals surface area contributed by atoms with Gasteiger partial charge in [0.15, 0.2) is 0 Å². The van der Waals surface area contributed by atoms with Gasteiger partial charge in [0.2, 0.25) is 0 Å². The van der Waals surface area contributed by atoms with Gasteiger partial charge < -0.3 is 20.6 Å². The smallest absolute Gasteiger partial charge is 0.138 e. The van der Waals surface area contributed by atoms with E-state index < -0.39 is 5.54 Å². The van der Waals surface area contributed by atoms with Crippen LogP contribution in [0.15, 0.2) is 30.6 Å². The summed E-state index contributed by atoms with van der Waals surface area (Å²) in [6.07, 6.45) is 3.41. The molecule has 0 bridgehead atoms. The Balaban J connectivity index is 2.37. The number of hydrogen-bond donors (Lipinski definition) is 4. The molecule has 0 unspecified atom stereocenters. The van der Waals surface area contributed by atoms with Crippen molar-refractivity contribution in [1.82, 2.24) is 9.38 Å². The van der Waals surface area contributed by atoms with Gasteiger partial charge in [-0.1, -0.05) is 6.07 Å². The summed E-state index contributed by atoms with van der Waals surface area (Å²) in [6.45, 7) is -1.11. The van der Waals surface area contributed by atoms with Crippen LogP contribution in [0, 0.1) is 0 Å². The maximum atomic E-state index is 9.25. The van der Waals surface area contributed by atoms with Crippen LogP contribution >= 0.6 is 0 Å². The molecule has 2 rings (SSSR count). The molecule has 6 heteroatoms. The molecule has 0 spiro atoms. The zero-order valence-corrected chi connectivity index (χ0v) is 9.24.